The number of unbranched alkanes of at least 4 members (excludes halogenated alkanes) is 1. The van der Waals surface area contributed by atoms with Crippen molar-refractivity contribution in [2.45, 2.75) is 49.7 Å². The third kappa shape index (κ3) is 4.72. The van der Waals surface area contributed by atoms with Crippen molar-refractivity contribution >= 4 is 22.9 Å². The molecule has 2 atom stereocenters. The zero-order valence-electron chi connectivity index (χ0n) is 17.0. The van der Waals surface area contributed by atoms with Gasteiger partial charge in [0.2, 0.25) is 11.5 Å². The topological polar surface area (TPSA) is 107 Å². The van der Waals surface area contributed by atoms with Gasteiger partial charge in [0.05, 0.1) is 22.5 Å². The molecule has 168 valence electrons. The third-order valence-corrected chi connectivity index (χ3v) is 6.45. The number of aromatic nitrogens is 4. The van der Waals surface area contributed by atoms with E-state index in [1.807, 2.05) is 12.1 Å². The van der Waals surface area contributed by atoms with Crippen molar-refractivity contribution < 1.29 is 18.0 Å². The number of anilines is 1. The molecule has 1 amide bonds. The van der Waals surface area contributed by atoms with Gasteiger partial charge in [0.25, 0.3) is 0 Å². The van der Waals surface area contributed by atoms with Crippen molar-refractivity contribution in [3.63, 3.8) is 0 Å². The number of nitrogen functional groups attached to an aromatic ring is 1. The Hall–Kier alpha value is -3.08. The van der Waals surface area contributed by atoms with Gasteiger partial charge in [0.15, 0.2) is 0 Å². The first-order chi connectivity index (χ1) is 15.3. The molecule has 11 heteroatoms. The van der Waals surface area contributed by atoms with E-state index in [1.165, 1.54) is 17.4 Å². The molecule has 4 rings (SSSR count). The molecule has 32 heavy (non-hydrogen) atoms. The summed E-state index contributed by atoms with van der Waals surface area (Å²) in [4.78, 5) is 11.2. The van der Waals surface area contributed by atoms with Crippen molar-refractivity contribution in [3.8, 4) is 0 Å². The maximum atomic E-state index is 13.1. The van der Waals surface area contributed by atoms with Crippen LogP contribution in [0.3, 0.4) is 0 Å². The number of carbonyl (C=O) groups is 1. The maximum Gasteiger partial charge on any atom is 0.416 e. The van der Waals surface area contributed by atoms with Gasteiger partial charge in [-0.2, -0.15) is 23.4 Å². The van der Waals surface area contributed by atoms with E-state index >= 15 is 0 Å². The molecule has 1 saturated carbocycles. The van der Waals surface area contributed by atoms with Crippen molar-refractivity contribution in [1.82, 2.24) is 25.7 Å². The average molecular weight is 463 g/mol. The van der Waals surface area contributed by atoms with Crippen molar-refractivity contribution in [2.24, 2.45) is 0 Å². The van der Waals surface area contributed by atoms with Gasteiger partial charge in [-0.15, -0.1) is 10.2 Å². The molecule has 2 aromatic heterocycles. The van der Waals surface area contributed by atoms with Gasteiger partial charge in [-0.05, 0) is 55.5 Å². The number of aryl methyl sites for hydroxylation is 2. The number of nitrogens with one attached hydrogen (secondary N) is 1. The maximum absolute atomic E-state index is 13.1. The van der Waals surface area contributed by atoms with Gasteiger partial charge in [-0.1, -0.05) is 23.5 Å². The first-order valence-corrected chi connectivity index (χ1v) is 10.9. The second kappa shape index (κ2) is 8.81. The molecule has 0 saturated heterocycles. The van der Waals surface area contributed by atoms with E-state index in [-0.39, 0.29) is 5.92 Å². The van der Waals surface area contributed by atoms with Crippen LogP contribution in [0.15, 0.2) is 36.4 Å². The number of hydrogen-bond acceptors (Lipinski definition) is 7. The number of nitrogens with two attached hydrogens (primary N) is 1. The van der Waals surface area contributed by atoms with Crippen LogP contribution in [0.5, 0.6) is 0 Å². The number of amides is 1. The van der Waals surface area contributed by atoms with E-state index in [9.17, 15) is 18.0 Å². The Morgan fingerprint density at radius 1 is 1.12 bits per heavy atom. The molecule has 0 spiro atoms. The molecule has 2 heterocycles. The molecule has 3 aromatic rings. The van der Waals surface area contributed by atoms with E-state index in [1.54, 1.807) is 6.07 Å². The standard InChI is InChI=1S/C21H21F3N6OS/c22-21(23,24)14-5-3-4-13(10-14)20(26-12-31)11-16(20)17-9-8-15(27-28-17)6-1-2-7-18-29-30-19(25)32-18/h3-5,8-10,12,16H,1-2,6-7,11H2,(H2,25,30)(H,26,31). The van der Waals surface area contributed by atoms with Crippen LogP contribution >= 0.6 is 11.3 Å². The van der Waals surface area contributed by atoms with Gasteiger partial charge in [0.1, 0.15) is 5.01 Å². The number of rotatable bonds is 9. The van der Waals surface area contributed by atoms with E-state index in [4.69, 9.17) is 5.73 Å². The second-order valence-corrected chi connectivity index (χ2v) is 8.85. The number of benzene rings is 1. The summed E-state index contributed by atoms with van der Waals surface area (Å²) in [5.41, 5.74) is 5.81. The highest BCUT2D eigenvalue weighted by atomic mass is 32.1. The van der Waals surface area contributed by atoms with Crippen molar-refractivity contribution in [2.75, 3.05) is 5.73 Å². The van der Waals surface area contributed by atoms with Crippen molar-refractivity contribution in [1.29, 1.82) is 0 Å². The first-order valence-electron chi connectivity index (χ1n) is 10.1. The second-order valence-electron chi connectivity index (χ2n) is 7.76. The molecule has 1 fully saturated rings. The van der Waals surface area contributed by atoms with Gasteiger partial charge in [0, 0.05) is 12.3 Å². The highest BCUT2D eigenvalue weighted by Crippen LogP contribution is 2.58. The Bertz CT molecular complexity index is 1090. The lowest BCUT2D eigenvalue weighted by Gasteiger charge is -2.19. The Kier molecular flexibility index (Phi) is 6.09. The Labute approximate surface area is 186 Å². The molecule has 0 aliphatic heterocycles. The minimum atomic E-state index is -4.45. The van der Waals surface area contributed by atoms with Gasteiger partial charge >= 0.3 is 6.18 Å². The predicted molar refractivity (Wildman–Crippen MR) is 113 cm³/mol. The Morgan fingerprint density at radius 2 is 1.94 bits per heavy atom. The van der Waals surface area contributed by atoms with E-state index in [0.717, 1.165) is 48.5 Å². The van der Waals surface area contributed by atoms with Crippen LogP contribution in [0, 0.1) is 0 Å². The van der Waals surface area contributed by atoms with Gasteiger partial charge in [-0.3, -0.25) is 4.79 Å². The fourth-order valence-corrected chi connectivity index (χ4v) is 4.55. The van der Waals surface area contributed by atoms with Crippen LogP contribution in [0.4, 0.5) is 18.3 Å². The summed E-state index contributed by atoms with van der Waals surface area (Å²) in [5, 5.41) is 20.4. The quantitative estimate of drug-likeness (QED) is 0.372. The van der Waals surface area contributed by atoms with E-state index < -0.39 is 17.3 Å². The highest BCUT2D eigenvalue weighted by Gasteiger charge is 2.57. The molecular formula is C21H21F3N6OS. The molecule has 7 nitrogen and oxygen atoms in total. The van der Waals surface area contributed by atoms with Gasteiger partial charge < -0.3 is 11.1 Å². The summed E-state index contributed by atoms with van der Waals surface area (Å²) in [5.74, 6) is -0.236. The number of halogens is 3. The summed E-state index contributed by atoms with van der Waals surface area (Å²) in [7, 11) is 0. The number of nitrogens with zero attached hydrogens (tertiary/aromatic N) is 4. The summed E-state index contributed by atoms with van der Waals surface area (Å²) in [6, 6.07) is 8.77. The lowest BCUT2D eigenvalue weighted by atomic mass is 9.98. The zero-order valence-corrected chi connectivity index (χ0v) is 17.8. The van der Waals surface area contributed by atoms with E-state index in [0.29, 0.717) is 29.2 Å². The number of hydrogen-bond donors (Lipinski definition) is 2. The van der Waals surface area contributed by atoms with Crippen LogP contribution in [0.1, 0.15) is 52.7 Å². The smallest absolute Gasteiger partial charge is 0.374 e. The first kappa shape index (κ1) is 22.1. The highest BCUT2D eigenvalue weighted by molar-refractivity contribution is 7.15. The molecular weight excluding hydrogens is 441 g/mol. The fourth-order valence-electron chi connectivity index (χ4n) is 3.90. The van der Waals surface area contributed by atoms with Crippen molar-refractivity contribution in [3.05, 3.63) is 63.9 Å². The average Bonchev–Trinajstić information content (AvgIpc) is 3.36. The fraction of sp³-hybridized carbons (Fsp3) is 0.381. The summed E-state index contributed by atoms with van der Waals surface area (Å²) >= 11 is 1.38. The number of carbonyl (C=O) groups excluding carboxylic acids is 1. The molecule has 3 N–H and O–H groups in total. The van der Waals surface area contributed by atoms with Crippen LogP contribution in [0.25, 0.3) is 0 Å². The lowest BCUT2D eigenvalue weighted by molar-refractivity contribution is -0.137. The van der Waals surface area contributed by atoms with Crippen LogP contribution in [-0.2, 0) is 29.4 Å². The zero-order chi connectivity index (χ0) is 22.8. The minimum Gasteiger partial charge on any atom is -0.374 e. The molecule has 1 aliphatic rings. The molecule has 0 radical (unpaired) electrons. The monoisotopic (exact) mass is 462 g/mol. The lowest BCUT2D eigenvalue weighted by Crippen LogP contribution is -2.30. The largest absolute Gasteiger partial charge is 0.416 e. The third-order valence-electron chi connectivity index (χ3n) is 5.64. The molecule has 1 aliphatic carbocycles. The molecule has 0 bridgehead atoms. The summed E-state index contributed by atoms with van der Waals surface area (Å²) < 4.78 is 39.4. The minimum absolute atomic E-state index is 0.236. The number of alkyl halides is 3. The van der Waals surface area contributed by atoms with Crippen LogP contribution in [-0.4, -0.2) is 26.8 Å². The molecule has 1 aromatic carbocycles. The van der Waals surface area contributed by atoms with E-state index in [2.05, 4.69) is 25.7 Å². The summed E-state index contributed by atoms with van der Waals surface area (Å²) in [6.07, 6.45) is -0.0933. The SMILES string of the molecule is Nc1nnc(CCCCc2ccc(C3CC3(NC=O)c3cccc(C(F)(F)F)c3)nn2)s1. The Balaban J connectivity index is 1.40. The van der Waals surface area contributed by atoms with Crippen LogP contribution in [0.2, 0.25) is 0 Å². The Morgan fingerprint density at radius 3 is 2.59 bits per heavy atom. The summed E-state index contributed by atoms with van der Waals surface area (Å²) in [6.45, 7) is 0. The molecule has 2 unspecified atom stereocenters. The van der Waals surface area contributed by atoms with Gasteiger partial charge in [-0.25, -0.2) is 0 Å². The predicted octanol–water partition coefficient (Wildman–Crippen LogP) is 3.62. The van der Waals surface area contributed by atoms with Crippen LogP contribution < -0.4 is 11.1 Å². The normalized spacial score (nSPS) is 20.2.